The van der Waals surface area contributed by atoms with Crippen molar-refractivity contribution in [3.05, 3.63) is 0 Å². The van der Waals surface area contributed by atoms with Crippen LogP contribution in [0.4, 0.5) is 0 Å². The van der Waals surface area contributed by atoms with Crippen molar-refractivity contribution in [2.45, 2.75) is 31.7 Å². The average molecular weight is 171 g/mol. The molecule has 1 atom stereocenters. The first kappa shape index (κ1) is 9.52. The summed E-state index contributed by atoms with van der Waals surface area (Å²) in [5.41, 5.74) is 0. The molecule has 0 aliphatic heterocycles. The third kappa shape index (κ3) is 2.21. The van der Waals surface area contributed by atoms with Crippen LogP contribution in [0.15, 0.2) is 0 Å². The van der Waals surface area contributed by atoms with E-state index in [4.69, 9.17) is 0 Å². The van der Waals surface area contributed by atoms with Gasteiger partial charge in [-0.25, -0.2) is 0 Å². The number of carbonyl (C=O) groups is 1. The highest BCUT2D eigenvalue weighted by molar-refractivity contribution is 5.69. The van der Waals surface area contributed by atoms with Crippen LogP contribution in [-0.4, -0.2) is 26.2 Å². The zero-order chi connectivity index (χ0) is 8.97. The molecule has 3 heteroatoms. The van der Waals surface area contributed by atoms with E-state index in [0.29, 0.717) is 18.4 Å². The van der Waals surface area contributed by atoms with Crippen molar-refractivity contribution in [3.63, 3.8) is 0 Å². The molecular formula is C9H17NO2. The summed E-state index contributed by atoms with van der Waals surface area (Å²) in [6, 6.07) is 0.325. The van der Waals surface area contributed by atoms with Gasteiger partial charge in [-0.15, -0.1) is 0 Å². The van der Waals surface area contributed by atoms with Crippen molar-refractivity contribution < 1.29 is 9.53 Å². The number of carbonyl (C=O) groups excluding carboxylic acids is 1. The van der Waals surface area contributed by atoms with Gasteiger partial charge in [-0.3, -0.25) is 4.79 Å². The van der Waals surface area contributed by atoms with Crippen LogP contribution in [0.3, 0.4) is 0 Å². The number of esters is 1. The molecule has 0 aromatic heterocycles. The lowest BCUT2D eigenvalue weighted by Gasteiger charge is -2.32. The van der Waals surface area contributed by atoms with Crippen LogP contribution < -0.4 is 5.32 Å². The Hall–Kier alpha value is -0.570. The fourth-order valence-corrected chi connectivity index (χ4v) is 1.61. The van der Waals surface area contributed by atoms with Gasteiger partial charge in [0, 0.05) is 6.04 Å². The molecule has 1 aliphatic carbocycles. The van der Waals surface area contributed by atoms with Crippen molar-refractivity contribution in [1.82, 2.24) is 5.32 Å². The molecule has 0 heterocycles. The van der Waals surface area contributed by atoms with Crippen molar-refractivity contribution in [1.29, 1.82) is 0 Å². The maximum absolute atomic E-state index is 11.0. The predicted molar refractivity (Wildman–Crippen MR) is 46.8 cm³/mol. The minimum Gasteiger partial charge on any atom is -0.469 e. The normalized spacial score (nSPS) is 19.8. The minimum atomic E-state index is -0.110. The second kappa shape index (κ2) is 4.45. The molecule has 70 valence electrons. The Kier molecular flexibility index (Phi) is 3.53. The van der Waals surface area contributed by atoms with E-state index in [1.807, 2.05) is 7.05 Å². The summed E-state index contributed by atoms with van der Waals surface area (Å²) < 4.78 is 4.62. The summed E-state index contributed by atoms with van der Waals surface area (Å²) in [6.45, 7) is 0. The highest BCUT2D eigenvalue weighted by Crippen LogP contribution is 2.30. The molecule has 0 saturated heterocycles. The molecule has 1 rings (SSSR count). The van der Waals surface area contributed by atoms with Gasteiger partial charge in [-0.1, -0.05) is 6.42 Å². The van der Waals surface area contributed by atoms with Gasteiger partial charge < -0.3 is 10.1 Å². The van der Waals surface area contributed by atoms with Gasteiger partial charge in [-0.2, -0.15) is 0 Å². The second-order valence-electron chi connectivity index (χ2n) is 3.37. The molecule has 0 bridgehead atoms. The molecule has 3 nitrogen and oxygen atoms in total. The Morgan fingerprint density at radius 3 is 2.67 bits per heavy atom. The lowest BCUT2D eigenvalue weighted by molar-refractivity contribution is -0.141. The first-order valence-corrected chi connectivity index (χ1v) is 4.52. The van der Waals surface area contributed by atoms with E-state index in [1.165, 1.54) is 26.4 Å². The summed E-state index contributed by atoms with van der Waals surface area (Å²) in [5, 5.41) is 3.17. The predicted octanol–water partition coefficient (Wildman–Crippen LogP) is 0.938. The molecule has 0 aromatic rings. The first-order valence-electron chi connectivity index (χ1n) is 4.52. The Morgan fingerprint density at radius 2 is 2.33 bits per heavy atom. The Labute approximate surface area is 73.5 Å². The quantitative estimate of drug-likeness (QED) is 0.640. The van der Waals surface area contributed by atoms with Crippen molar-refractivity contribution in [3.8, 4) is 0 Å². The molecule has 1 unspecified atom stereocenters. The van der Waals surface area contributed by atoms with Crippen LogP contribution in [0.1, 0.15) is 25.7 Å². The highest BCUT2D eigenvalue weighted by Gasteiger charge is 2.27. The van der Waals surface area contributed by atoms with Crippen LogP contribution in [0.5, 0.6) is 0 Å². The maximum atomic E-state index is 11.0. The fourth-order valence-electron chi connectivity index (χ4n) is 1.61. The molecule has 1 N–H and O–H groups in total. The SMILES string of the molecule is CNC(CC(=O)OC)C1CCC1. The zero-order valence-corrected chi connectivity index (χ0v) is 7.80. The van der Waals surface area contributed by atoms with Gasteiger partial charge in [-0.05, 0) is 25.8 Å². The van der Waals surface area contributed by atoms with Crippen molar-refractivity contribution in [2.24, 2.45) is 5.92 Å². The van der Waals surface area contributed by atoms with E-state index < -0.39 is 0 Å². The molecule has 0 aromatic carbocycles. The largest absolute Gasteiger partial charge is 0.469 e. The number of hydrogen-bond acceptors (Lipinski definition) is 3. The van der Waals surface area contributed by atoms with Gasteiger partial charge in [0.15, 0.2) is 0 Å². The number of hydrogen-bond donors (Lipinski definition) is 1. The van der Waals surface area contributed by atoms with Gasteiger partial charge in [0.1, 0.15) is 0 Å². The third-order valence-corrected chi connectivity index (χ3v) is 2.70. The van der Waals surface area contributed by atoms with Gasteiger partial charge >= 0.3 is 5.97 Å². The maximum Gasteiger partial charge on any atom is 0.307 e. The topological polar surface area (TPSA) is 38.3 Å². The number of ether oxygens (including phenoxy) is 1. The van der Waals surface area contributed by atoms with Crippen molar-refractivity contribution >= 4 is 5.97 Å². The second-order valence-corrected chi connectivity index (χ2v) is 3.37. The van der Waals surface area contributed by atoms with Gasteiger partial charge in [0.2, 0.25) is 0 Å². The molecule has 0 radical (unpaired) electrons. The Balaban J connectivity index is 2.29. The van der Waals surface area contributed by atoms with Crippen LogP contribution >= 0.6 is 0 Å². The number of methoxy groups -OCH3 is 1. The molecule has 1 fully saturated rings. The van der Waals surface area contributed by atoms with E-state index in [-0.39, 0.29) is 5.97 Å². The first-order chi connectivity index (χ1) is 5.77. The monoisotopic (exact) mass is 171 g/mol. The molecule has 12 heavy (non-hydrogen) atoms. The van der Waals surface area contributed by atoms with Crippen molar-refractivity contribution in [2.75, 3.05) is 14.2 Å². The Morgan fingerprint density at radius 1 is 1.67 bits per heavy atom. The lowest BCUT2D eigenvalue weighted by atomic mass is 9.78. The van der Waals surface area contributed by atoms with Crippen LogP contribution in [-0.2, 0) is 9.53 Å². The van der Waals surface area contributed by atoms with E-state index in [0.717, 1.165) is 0 Å². The Bertz CT molecular complexity index is 155. The molecular weight excluding hydrogens is 154 g/mol. The van der Waals surface area contributed by atoms with Gasteiger partial charge in [0.25, 0.3) is 0 Å². The molecule has 0 spiro atoms. The van der Waals surface area contributed by atoms with Crippen LogP contribution in [0.25, 0.3) is 0 Å². The smallest absolute Gasteiger partial charge is 0.307 e. The zero-order valence-electron chi connectivity index (χ0n) is 7.80. The van der Waals surface area contributed by atoms with Crippen LogP contribution in [0.2, 0.25) is 0 Å². The third-order valence-electron chi connectivity index (χ3n) is 2.70. The molecule has 1 saturated carbocycles. The van der Waals surface area contributed by atoms with E-state index >= 15 is 0 Å². The van der Waals surface area contributed by atoms with E-state index in [2.05, 4.69) is 10.1 Å². The number of rotatable bonds is 4. The molecule has 0 amide bonds. The summed E-state index contributed by atoms with van der Waals surface area (Å²) in [4.78, 5) is 11.0. The number of nitrogens with one attached hydrogen (secondary N) is 1. The van der Waals surface area contributed by atoms with Gasteiger partial charge in [0.05, 0.1) is 13.5 Å². The van der Waals surface area contributed by atoms with E-state index in [9.17, 15) is 4.79 Å². The molecule has 1 aliphatic rings. The highest BCUT2D eigenvalue weighted by atomic mass is 16.5. The van der Waals surface area contributed by atoms with E-state index in [1.54, 1.807) is 0 Å². The minimum absolute atomic E-state index is 0.110. The summed E-state index contributed by atoms with van der Waals surface area (Å²) in [5.74, 6) is 0.579. The fraction of sp³-hybridized carbons (Fsp3) is 0.889. The summed E-state index contributed by atoms with van der Waals surface area (Å²) >= 11 is 0. The average Bonchev–Trinajstić information content (AvgIpc) is 1.99. The standard InChI is InChI=1S/C9H17NO2/c1-10-8(6-9(11)12-2)7-4-3-5-7/h7-8,10H,3-6H2,1-2H3. The van der Waals surface area contributed by atoms with Crippen LogP contribution in [0, 0.1) is 5.92 Å². The summed E-state index contributed by atoms with van der Waals surface area (Å²) in [6.07, 6.45) is 4.33. The summed E-state index contributed by atoms with van der Waals surface area (Å²) in [7, 11) is 3.35. The lowest BCUT2D eigenvalue weighted by Crippen LogP contribution is -2.39.